The zero-order chi connectivity index (χ0) is 15.8. The largest absolute Gasteiger partial charge is 0.469 e. The summed E-state index contributed by atoms with van der Waals surface area (Å²) >= 11 is 0. The number of ether oxygens (including phenoxy) is 1. The van der Waals surface area contributed by atoms with Gasteiger partial charge in [-0.3, -0.25) is 4.79 Å². The molecule has 21 heavy (non-hydrogen) atoms. The Morgan fingerprint density at radius 3 is 2.43 bits per heavy atom. The number of halogens is 3. The van der Waals surface area contributed by atoms with E-state index in [4.69, 9.17) is 0 Å². The van der Waals surface area contributed by atoms with Crippen LogP contribution in [0.5, 0.6) is 0 Å². The van der Waals surface area contributed by atoms with E-state index in [2.05, 4.69) is 4.74 Å². The second-order valence-corrected chi connectivity index (χ2v) is 7.11. The molecule has 2 rings (SSSR count). The Morgan fingerprint density at radius 2 is 1.90 bits per heavy atom. The molecule has 1 saturated carbocycles. The summed E-state index contributed by atoms with van der Waals surface area (Å²) in [5.74, 6) is -0.994. The molecule has 116 valence electrons. The quantitative estimate of drug-likeness (QED) is 0.802. The molecule has 1 aliphatic rings. The minimum Gasteiger partial charge on any atom is -0.469 e. The second-order valence-electron chi connectivity index (χ2n) is 4.88. The first-order valence-electron chi connectivity index (χ1n) is 6.15. The number of benzene rings is 1. The van der Waals surface area contributed by atoms with Gasteiger partial charge in [0.25, 0.3) is 0 Å². The summed E-state index contributed by atoms with van der Waals surface area (Å²) in [5, 5.41) is -0.843. The van der Waals surface area contributed by atoms with Crippen LogP contribution < -0.4 is 0 Å². The number of alkyl halides is 3. The van der Waals surface area contributed by atoms with Crippen molar-refractivity contribution in [2.45, 2.75) is 29.2 Å². The van der Waals surface area contributed by atoms with Crippen LogP contribution in [0.15, 0.2) is 29.2 Å². The van der Waals surface area contributed by atoms with Gasteiger partial charge >= 0.3 is 12.1 Å². The van der Waals surface area contributed by atoms with Crippen molar-refractivity contribution in [1.29, 1.82) is 0 Å². The number of hydrogen-bond donors (Lipinski definition) is 0. The molecule has 0 spiro atoms. The van der Waals surface area contributed by atoms with Crippen LogP contribution in [-0.2, 0) is 25.5 Å². The molecule has 0 aromatic heterocycles. The van der Waals surface area contributed by atoms with Gasteiger partial charge in [-0.25, -0.2) is 8.42 Å². The van der Waals surface area contributed by atoms with Crippen LogP contribution in [0.25, 0.3) is 0 Å². The highest BCUT2D eigenvalue weighted by molar-refractivity contribution is 7.92. The van der Waals surface area contributed by atoms with Crippen molar-refractivity contribution in [1.82, 2.24) is 0 Å². The van der Waals surface area contributed by atoms with Crippen LogP contribution in [0.2, 0.25) is 0 Å². The van der Waals surface area contributed by atoms with E-state index >= 15 is 0 Å². The predicted molar refractivity (Wildman–Crippen MR) is 67.2 cm³/mol. The minimum atomic E-state index is -4.60. The van der Waals surface area contributed by atoms with Gasteiger partial charge < -0.3 is 4.74 Å². The Bertz CT molecular complexity index is 646. The Kier molecular flexibility index (Phi) is 4.01. The summed E-state index contributed by atoms with van der Waals surface area (Å²) in [4.78, 5) is 10.9. The molecule has 0 unspecified atom stereocenters. The molecule has 0 radical (unpaired) electrons. The molecule has 0 aliphatic heterocycles. The molecule has 0 atom stereocenters. The maximum absolute atomic E-state index is 12.6. The van der Waals surface area contributed by atoms with E-state index in [1.807, 2.05) is 0 Å². The van der Waals surface area contributed by atoms with E-state index < -0.39 is 38.7 Å². The first-order chi connectivity index (χ1) is 9.66. The molecule has 1 fully saturated rings. The third-order valence-electron chi connectivity index (χ3n) is 3.56. The lowest BCUT2D eigenvalue weighted by atomic mass is 9.85. The maximum atomic E-state index is 12.6. The summed E-state index contributed by atoms with van der Waals surface area (Å²) in [6, 6.07) is 3.64. The standard InChI is InChI=1S/C13H13F3O4S/c1-20-12(17)8-5-11(6-8)21(18,19)10-4-2-3-9(7-10)13(14,15)16/h2-4,7-8,11H,5-6H2,1H3/t8-,11+. The van der Waals surface area contributed by atoms with E-state index in [0.717, 1.165) is 18.2 Å². The number of hydrogen-bond acceptors (Lipinski definition) is 4. The molecular weight excluding hydrogens is 309 g/mol. The van der Waals surface area contributed by atoms with Gasteiger partial charge in [0.1, 0.15) is 0 Å². The lowest BCUT2D eigenvalue weighted by Gasteiger charge is -2.32. The van der Waals surface area contributed by atoms with Gasteiger partial charge in [0, 0.05) is 0 Å². The Balaban J connectivity index is 2.21. The number of carbonyl (C=O) groups is 1. The van der Waals surface area contributed by atoms with Crippen molar-refractivity contribution in [3.63, 3.8) is 0 Å². The van der Waals surface area contributed by atoms with Crippen molar-refractivity contribution in [3.05, 3.63) is 29.8 Å². The zero-order valence-corrected chi connectivity index (χ0v) is 11.9. The number of sulfone groups is 1. The Morgan fingerprint density at radius 1 is 1.29 bits per heavy atom. The van der Waals surface area contributed by atoms with Crippen LogP contribution in [0.3, 0.4) is 0 Å². The highest BCUT2D eigenvalue weighted by Crippen LogP contribution is 2.38. The lowest BCUT2D eigenvalue weighted by Crippen LogP contribution is -2.40. The fourth-order valence-corrected chi connectivity index (χ4v) is 4.14. The van der Waals surface area contributed by atoms with Crippen molar-refractivity contribution in [2.24, 2.45) is 5.92 Å². The maximum Gasteiger partial charge on any atom is 0.416 e. The van der Waals surface area contributed by atoms with Crippen molar-refractivity contribution >= 4 is 15.8 Å². The average Bonchev–Trinajstić information content (AvgIpc) is 2.35. The van der Waals surface area contributed by atoms with Crippen LogP contribution in [0.1, 0.15) is 18.4 Å². The Hall–Kier alpha value is -1.57. The third kappa shape index (κ3) is 3.04. The molecule has 4 nitrogen and oxygen atoms in total. The summed E-state index contributed by atoms with van der Waals surface area (Å²) in [6.45, 7) is 0. The molecule has 0 saturated heterocycles. The summed E-state index contributed by atoms with van der Waals surface area (Å²) < 4.78 is 66.8. The van der Waals surface area contributed by atoms with Gasteiger partial charge in [-0.05, 0) is 31.0 Å². The SMILES string of the molecule is COC(=O)[C@H]1C[C@@H](S(=O)(=O)c2cccc(C(F)(F)F)c2)C1. The van der Waals surface area contributed by atoms with E-state index in [-0.39, 0.29) is 17.7 Å². The fourth-order valence-electron chi connectivity index (χ4n) is 2.22. The number of rotatable bonds is 3. The lowest BCUT2D eigenvalue weighted by molar-refractivity contribution is -0.148. The van der Waals surface area contributed by atoms with Crippen LogP contribution in [-0.4, -0.2) is 26.7 Å². The monoisotopic (exact) mass is 322 g/mol. The topological polar surface area (TPSA) is 60.4 Å². The van der Waals surface area contributed by atoms with Gasteiger partial charge in [-0.15, -0.1) is 0 Å². The van der Waals surface area contributed by atoms with Gasteiger partial charge in [0.2, 0.25) is 0 Å². The van der Waals surface area contributed by atoms with Crippen LogP contribution in [0.4, 0.5) is 13.2 Å². The highest BCUT2D eigenvalue weighted by atomic mass is 32.2. The van der Waals surface area contributed by atoms with Gasteiger partial charge in [-0.1, -0.05) is 6.07 Å². The molecular formula is C13H13F3O4S. The zero-order valence-electron chi connectivity index (χ0n) is 11.1. The average molecular weight is 322 g/mol. The fraction of sp³-hybridized carbons (Fsp3) is 0.462. The van der Waals surface area contributed by atoms with Crippen LogP contribution in [0, 0.1) is 5.92 Å². The number of methoxy groups -OCH3 is 1. The van der Waals surface area contributed by atoms with E-state index in [0.29, 0.717) is 6.07 Å². The molecule has 0 N–H and O–H groups in total. The van der Waals surface area contributed by atoms with E-state index in [9.17, 15) is 26.4 Å². The molecule has 8 heteroatoms. The molecule has 0 bridgehead atoms. The minimum absolute atomic E-state index is 0.0747. The molecule has 1 aliphatic carbocycles. The van der Waals surface area contributed by atoms with Crippen molar-refractivity contribution < 1.29 is 31.1 Å². The van der Waals surface area contributed by atoms with E-state index in [1.165, 1.54) is 7.11 Å². The third-order valence-corrected chi connectivity index (χ3v) is 5.73. The summed E-state index contributed by atoms with van der Waals surface area (Å²) in [7, 11) is -2.66. The van der Waals surface area contributed by atoms with Crippen LogP contribution >= 0.6 is 0 Å². The first kappa shape index (κ1) is 15.8. The first-order valence-corrected chi connectivity index (χ1v) is 7.70. The van der Waals surface area contributed by atoms with Gasteiger partial charge in [0.15, 0.2) is 9.84 Å². The molecule has 0 heterocycles. The van der Waals surface area contributed by atoms with Crippen molar-refractivity contribution in [2.75, 3.05) is 7.11 Å². The predicted octanol–water partition coefficient (Wildman–Crippen LogP) is 2.43. The second kappa shape index (κ2) is 5.32. The van der Waals surface area contributed by atoms with Crippen molar-refractivity contribution in [3.8, 4) is 0 Å². The Labute approximate surface area is 119 Å². The molecule has 0 amide bonds. The van der Waals surface area contributed by atoms with E-state index in [1.54, 1.807) is 0 Å². The summed E-state index contributed by atoms with van der Waals surface area (Å²) in [6.07, 6.45) is -4.45. The number of esters is 1. The van der Waals surface area contributed by atoms with Gasteiger partial charge in [0.05, 0.1) is 28.7 Å². The molecule has 1 aromatic rings. The normalized spacial score (nSPS) is 22.5. The summed E-state index contributed by atoms with van der Waals surface area (Å²) in [5.41, 5.74) is -1.01. The highest BCUT2D eigenvalue weighted by Gasteiger charge is 2.44. The number of carbonyl (C=O) groups excluding carboxylic acids is 1. The molecule has 1 aromatic carbocycles. The smallest absolute Gasteiger partial charge is 0.416 e. The van der Waals surface area contributed by atoms with Gasteiger partial charge in [-0.2, -0.15) is 13.2 Å².